The van der Waals surface area contributed by atoms with Crippen molar-refractivity contribution in [2.45, 2.75) is 6.54 Å². The maximum atomic E-state index is 13.6. The predicted molar refractivity (Wildman–Crippen MR) is 136 cm³/mol. The number of hydrogen-bond acceptors (Lipinski definition) is 3. The Bertz CT molecular complexity index is 1600. The first-order valence-electron chi connectivity index (χ1n) is 10.1. The van der Waals surface area contributed by atoms with Crippen LogP contribution < -0.4 is 5.56 Å². The smallest absolute Gasteiger partial charge is 0.262 e. The summed E-state index contributed by atoms with van der Waals surface area (Å²) in [7, 11) is 1.93. The second kappa shape index (κ2) is 8.67. The van der Waals surface area contributed by atoms with Crippen molar-refractivity contribution < 1.29 is 0 Å². The molecule has 3 aromatic carbocycles. The third-order valence-corrected chi connectivity index (χ3v) is 6.24. The second-order valence-electron chi connectivity index (χ2n) is 7.61. The van der Waals surface area contributed by atoms with Crippen LogP contribution in [0, 0.1) is 0 Å². The van der Waals surface area contributed by atoms with Crippen molar-refractivity contribution in [3.63, 3.8) is 0 Å². The lowest BCUT2D eigenvalue weighted by atomic mass is 10.2. The van der Waals surface area contributed by atoms with E-state index in [4.69, 9.17) is 44.8 Å². The number of hydrogen-bond donors (Lipinski definition) is 0. The van der Waals surface area contributed by atoms with Gasteiger partial charge in [-0.05, 0) is 48.0 Å². The summed E-state index contributed by atoms with van der Waals surface area (Å²) in [5.74, 6) is 1.19. The van der Waals surface area contributed by atoms with Gasteiger partial charge in [-0.1, -0.05) is 65.1 Å². The third-order valence-electron chi connectivity index (χ3n) is 5.48. The standard InChI is InChI=1S/C25H17Cl3N4O/c1-31-21-5-3-2-4-20(21)29-23(31)14-32-22(11-8-15-6-9-16(26)10-7-15)30-24-18(25(32)33)12-17(27)13-19(24)28/h2-13H,14H2,1H3/b11-8+. The lowest BCUT2D eigenvalue weighted by Gasteiger charge is -2.12. The van der Waals surface area contributed by atoms with Crippen LogP contribution in [0.2, 0.25) is 15.1 Å². The van der Waals surface area contributed by atoms with Gasteiger partial charge in [-0.25, -0.2) is 9.97 Å². The Labute approximate surface area is 204 Å². The van der Waals surface area contributed by atoms with Gasteiger partial charge in [0.15, 0.2) is 0 Å². The van der Waals surface area contributed by atoms with Crippen molar-refractivity contribution in [3.05, 3.63) is 103 Å². The van der Waals surface area contributed by atoms with Crippen molar-refractivity contribution in [1.82, 2.24) is 19.1 Å². The Balaban J connectivity index is 1.69. The Morgan fingerprint density at radius 2 is 1.67 bits per heavy atom. The lowest BCUT2D eigenvalue weighted by molar-refractivity contribution is 0.673. The van der Waals surface area contributed by atoms with Crippen molar-refractivity contribution in [2.75, 3.05) is 0 Å². The summed E-state index contributed by atoms with van der Waals surface area (Å²) in [5, 5.41) is 1.71. The Kier molecular flexibility index (Phi) is 5.71. The minimum atomic E-state index is -0.243. The molecular weight excluding hydrogens is 479 g/mol. The molecule has 33 heavy (non-hydrogen) atoms. The number of fused-ring (bicyclic) bond motifs is 2. The maximum Gasteiger partial charge on any atom is 0.262 e. The van der Waals surface area contributed by atoms with Gasteiger partial charge in [0.1, 0.15) is 11.6 Å². The average Bonchev–Trinajstić information content (AvgIpc) is 3.11. The first kappa shape index (κ1) is 21.7. The van der Waals surface area contributed by atoms with E-state index >= 15 is 0 Å². The predicted octanol–water partition coefficient (Wildman–Crippen LogP) is 6.46. The molecule has 0 saturated carbocycles. The van der Waals surface area contributed by atoms with E-state index in [9.17, 15) is 4.79 Å². The van der Waals surface area contributed by atoms with Gasteiger partial charge in [0.2, 0.25) is 0 Å². The molecule has 5 rings (SSSR count). The summed E-state index contributed by atoms with van der Waals surface area (Å²) in [5.41, 5.74) is 2.93. The van der Waals surface area contributed by atoms with Crippen LogP contribution in [-0.4, -0.2) is 19.1 Å². The monoisotopic (exact) mass is 494 g/mol. The van der Waals surface area contributed by atoms with E-state index in [-0.39, 0.29) is 12.1 Å². The SMILES string of the molecule is Cn1c(Cn2c(/C=C/c3ccc(Cl)cc3)nc3c(Cl)cc(Cl)cc3c2=O)nc2ccccc21. The van der Waals surface area contributed by atoms with Crippen LogP contribution in [0.1, 0.15) is 17.2 Å². The first-order valence-corrected chi connectivity index (χ1v) is 11.3. The number of imidazole rings is 1. The number of rotatable bonds is 4. The Hall–Kier alpha value is -3.12. The molecule has 0 unspecified atom stereocenters. The van der Waals surface area contributed by atoms with Crippen LogP contribution in [0.4, 0.5) is 0 Å². The number of nitrogens with zero attached hydrogens (tertiary/aromatic N) is 4. The van der Waals surface area contributed by atoms with Gasteiger partial charge in [0.25, 0.3) is 5.56 Å². The summed E-state index contributed by atoms with van der Waals surface area (Å²) in [6, 6.07) is 18.4. The zero-order valence-electron chi connectivity index (χ0n) is 17.5. The summed E-state index contributed by atoms with van der Waals surface area (Å²) in [6.07, 6.45) is 3.66. The lowest BCUT2D eigenvalue weighted by Crippen LogP contribution is -2.26. The summed E-state index contributed by atoms with van der Waals surface area (Å²) >= 11 is 18.6. The van der Waals surface area contributed by atoms with E-state index in [2.05, 4.69) is 0 Å². The van der Waals surface area contributed by atoms with E-state index in [1.807, 2.05) is 54.1 Å². The Morgan fingerprint density at radius 1 is 0.909 bits per heavy atom. The zero-order valence-corrected chi connectivity index (χ0v) is 19.7. The molecule has 0 aliphatic rings. The van der Waals surface area contributed by atoms with Crippen LogP contribution in [0.15, 0.2) is 65.5 Å². The molecular formula is C25H17Cl3N4O. The normalized spacial score (nSPS) is 11.8. The van der Waals surface area contributed by atoms with Gasteiger partial charge in [-0.15, -0.1) is 0 Å². The number of para-hydroxylation sites is 2. The molecule has 164 valence electrons. The molecule has 2 heterocycles. The van der Waals surface area contributed by atoms with Gasteiger partial charge in [-0.2, -0.15) is 0 Å². The molecule has 0 aliphatic carbocycles. The molecule has 0 fully saturated rings. The molecule has 0 bridgehead atoms. The molecule has 0 radical (unpaired) electrons. The van der Waals surface area contributed by atoms with Crippen molar-refractivity contribution in [2.24, 2.45) is 7.05 Å². The molecule has 0 atom stereocenters. The highest BCUT2D eigenvalue weighted by atomic mass is 35.5. The number of aromatic nitrogens is 4. The van der Waals surface area contributed by atoms with Crippen LogP contribution in [-0.2, 0) is 13.6 Å². The fraction of sp³-hybridized carbons (Fsp3) is 0.0800. The summed E-state index contributed by atoms with van der Waals surface area (Å²) in [6.45, 7) is 0.234. The maximum absolute atomic E-state index is 13.6. The second-order valence-corrected chi connectivity index (χ2v) is 8.89. The van der Waals surface area contributed by atoms with Crippen molar-refractivity contribution in [3.8, 4) is 0 Å². The van der Waals surface area contributed by atoms with Gasteiger partial charge in [-0.3, -0.25) is 9.36 Å². The topological polar surface area (TPSA) is 52.7 Å². The van der Waals surface area contributed by atoms with Gasteiger partial charge < -0.3 is 4.57 Å². The summed E-state index contributed by atoms with van der Waals surface area (Å²) in [4.78, 5) is 23.0. The molecule has 0 N–H and O–H groups in total. The van der Waals surface area contributed by atoms with Gasteiger partial charge in [0.05, 0.1) is 33.5 Å². The molecule has 2 aromatic heterocycles. The minimum Gasteiger partial charge on any atom is -0.330 e. The molecule has 0 aliphatic heterocycles. The molecule has 8 heteroatoms. The van der Waals surface area contributed by atoms with Crippen LogP contribution in [0.5, 0.6) is 0 Å². The number of benzene rings is 3. The van der Waals surface area contributed by atoms with E-state index in [0.29, 0.717) is 31.8 Å². The molecule has 0 spiro atoms. The van der Waals surface area contributed by atoms with E-state index < -0.39 is 0 Å². The van der Waals surface area contributed by atoms with E-state index in [1.165, 1.54) is 0 Å². The fourth-order valence-electron chi connectivity index (χ4n) is 3.77. The van der Waals surface area contributed by atoms with Crippen LogP contribution in [0.3, 0.4) is 0 Å². The fourth-order valence-corrected chi connectivity index (χ4v) is 4.43. The van der Waals surface area contributed by atoms with Crippen LogP contribution >= 0.6 is 34.8 Å². The Morgan fingerprint density at radius 3 is 2.42 bits per heavy atom. The molecule has 0 amide bonds. The zero-order chi connectivity index (χ0) is 23.1. The number of halogens is 3. The largest absolute Gasteiger partial charge is 0.330 e. The third kappa shape index (κ3) is 4.15. The van der Waals surface area contributed by atoms with Crippen LogP contribution in [0.25, 0.3) is 34.1 Å². The summed E-state index contributed by atoms with van der Waals surface area (Å²) < 4.78 is 3.56. The average molecular weight is 496 g/mol. The highest BCUT2D eigenvalue weighted by molar-refractivity contribution is 6.38. The minimum absolute atomic E-state index is 0.234. The molecule has 0 saturated heterocycles. The van der Waals surface area contributed by atoms with Crippen molar-refractivity contribution >= 4 is 68.9 Å². The molecule has 5 nitrogen and oxygen atoms in total. The number of aryl methyl sites for hydroxylation is 1. The van der Waals surface area contributed by atoms with Crippen molar-refractivity contribution in [1.29, 1.82) is 0 Å². The quantitative estimate of drug-likeness (QED) is 0.287. The van der Waals surface area contributed by atoms with E-state index in [1.54, 1.807) is 34.9 Å². The highest BCUT2D eigenvalue weighted by Crippen LogP contribution is 2.26. The highest BCUT2D eigenvalue weighted by Gasteiger charge is 2.16. The first-order chi connectivity index (χ1) is 15.9. The molecule has 5 aromatic rings. The van der Waals surface area contributed by atoms with E-state index in [0.717, 1.165) is 22.4 Å². The van der Waals surface area contributed by atoms with Gasteiger partial charge >= 0.3 is 0 Å². The van der Waals surface area contributed by atoms with Gasteiger partial charge in [0, 0.05) is 17.1 Å².